The Balaban J connectivity index is 1.57. The average Bonchev–Trinajstić information content (AvgIpc) is 3.35. The first kappa shape index (κ1) is 21.8. The lowest BCUT2D eigenvalue weighted by molar-refractivity contribution is -0.120. The van der Waals surface area contributed by atoms with Gasteiger partial charge < -0.3 is 5.32 Å². The number of nitrogens with zero attached hydrogens (tertiary/aromatic N) is 4. The largest absolute Gasteiger partial charge is 0.325 e. The van der Waals surface area contributed by atoms with Crippen molar-refractivity contribution >= 4 is 44.7 Å². The summed E-state index contributed by atoms with van der Waals surface area (Å²) in [5, 5.41) is 7.12. The number of carbonyl (C=O) groups is 1. The minimum Gasteiger partial charge on any atom is -0.325 e. The molecule has 0 radical (unpaired) electrons. The van der Waals surface area contributed by atoms with Gasteiger partial charge >= 0.3 is 0 Å². The molecule has 31 heavy (non-hydrogen) atoms. The second kappa shape index (κ2) is 8.28. The number of hydrogen-bond donors (Lipinski definition) is 2. The van der Waals surface area contributed by atoms with Crippen LogP contribution in [0.1, 0.15) is 17.5 Å². The molecule has 0 saturated carbocycles. The molecular formula is C18H18ClFN6O3S2. The van der Waals surface area contributed by atoms with Crippen LogP contribution >= 0.6 is 22.9 Å². The second-order valence-corrected chi connectivity index (χ2v) is 10.3. The molecule has 2 atom stereocenters. The van der Waals surface area contributed by atoms with Gasteiger partial charge in [0, 0.05) is 37.7 Å². The van der Waals surface area contributed by atoms with E-state index in [4.69, 9.17) is 11.6 Å². The van der Waals surface area contributed by atoms with Gasteiger partial charge in [-0.05, 0) is 24.6 Å². The Bertz CT molecular complexity index is 1240. The minimum atomic E-state index is -3.92. The van der Waals surface area contributed by atoms with Gasteiger partial charge in [0.2, 0.25) is 5.91 Å². The molecule has 3 heterocycles. The first-order valence-corrected chi connectivity index (χ1v) is 11.7. The van der Waals surface area contributed by atoms with Gasteiger partial charge in [0.1, 0.15) is 16.9 Å². The van der Waals surface area contributed by atoms with E-state index in [1.54, 1.807) is 24.1 Å². The molecule has 1 aliphatic heterocycles. The molecule has 13 heteroatoms. The zero-order valence-corrected chi connectivity index (χ0v) is 18.8. The molecule has 1 unspecified atom stereocenters. The van der Waals surface area contributed by atoms with E-state index in [2.05, 4.69) is 20.1 Å². The molecule has 2 aromatic heterocycles. The zero-order valence-electron chi connectivity index (χ0n) is 16.4. The van der Waals surface area contributed by atoms with Crippen LogP contribution in [0.25, 0.3) is 10.4 Å². The van der Waals surface area contributed by atoms with Crippen molar-refractivity contribution in [3.63, 3.8) is 0 Å². The first-order chi connectivity index (χ1) is 14.6. The monoisotopic (exact) mass is 484 g/mol. The van der Waals surface area contributed by atoms with E-state index in [-0.39, 0.29) is 17.1 Å². The summed E-state index contributed by atoms with van der Waals surface area (Å²) in [5.41, 5.74) is 1.13. The van der Waals surface area contributed by atoms with Gasteiger partial charge in [-0.25, -0.2) is 9.37 Å². The Labute approximate surface area is 187 Å². The lowest BCUT2D eigenvalue weighted by Crippen LogP contribution is -2.55. The van der Waals surface area contributed by atoms with Gasteiger partial charge in [-0.2, -0.15) is 22.5 Å². The Hall–Kier alpha value is -2.38. The summed E-state index contributed by atoms with van der Waals surface area (Å²) in [6.07, 6.45) is 5.34. The van der Waals surface area contributed by atoms with Gasteiger partial charge in [-0.1, -0.05) is 11.6 Å². The number of benzene rings is 1. The molecule has 0 bridgehead atoms. The van der Waals surface area contributed by atoms with E-state index in [1.165, 1.54) is 30.5 Å². The van der Waals surface area contributed by atoms with E-state index < -0.39 is 34.0 Å². The number of amides is 1. The first-order valence-electron chi connectivity index (χ1n) is 9.10. The van der Waals surface area contributed by atoms with E-state index in [0.29, 0.717) is 5.01 Å². The van der Waals surface area contributed by atoms with Crippen LogP contribution in [-0.4, -0.2) is 46.5 Å². The predicted octanol–water partition coefficient (Wildman–Crippen LogP) is 2.55. The molecule has 1 aromatic carbocycles. The number of hydrogen-bond acceptors (Lipinski definition) is 6. The summed E-state index contributed by atoms with van der Waals surface area (Å²) >= 11 is 7.09. The molecule has 0 aliphatic carbocycles. The molecule has 0 spiro atoms. The van der Waals surface area contributed by atoms with Gasteiger partial charge in [-0.3, -0.25) is 9.48 Å². The molecule has 1 aliphatic rings. The smallest absolute Gasteiger partial charge is 0.280 e. The lowest BCUT2D eigenvalue weighted by atomic mass is 10.1. The number of aryl methyl sites for hydroxylation is 1. The third-order valence-corrected chi connectivity index (χ3v) is 7.91. The molecule has 2 N–H and O–H groups in total. The van der Waals surface area contributed by atoms with Crippen molar-refractivity contribution in [1.82, 2.24) is 23.8 Å². The van der Waals surface area contributed by atoms with Crippen molar-refractivity contribution in [2.75, 3.05) is 12.4 Å². The molecule has 9 nitrogen and oxygen atoms in total. The quantitative estimate of drug-likeness (QED) is 0.591. The number of halogens is 2. The van der Waals surface area contributed by atoms with Crippen molar-refractivity contribution in [3.05, 3.63) is 52.6 Å². The van der Waals surface area contributed by atoms with E-state index in [0.717, 1.165) is 20.8 Å². The van der Waals surface area contributed by atoms with Crippen LogP contribution in [0.3, 0.4) is 0 Å². The van der Waals surface area contributed by atoms with Crippen LogP contribution in [0.5, 0.6) is 0 Å². The molecule has 1 amide bonds. The minimum absolute atomic E-state index is 0.146. The fraction of sp³-hybridized carbons (Fsp3) is 0.278. The van der Waals surface area contributed by atoms with Crippen LogP contribution < -0.4 is 10.0 Å². The molecule has 4 rings (SSSR count). The highest BCUT2D eigenvalue weighted by atomic mass is 35.5. The lowest BCUT2D eigenvalue weighted by Gasteiger charge is -2.35. The summed E-state index contributed by atoms with van der Waals surface area (Å²) in [4.78, 5) is 18.1. The number of thiazole rings is 1. The average molecular weight is 485 g/mol. The number of aromatic nitrogens is 3. The van der Waals surface area contributed by atoms with Crippen molar-refractivity contribution in [1.29, 1.82) is 0 Å². The highest BCUT2D eigenvalue weighted by Crippen LogP contribution is 2.34. The van der Waals surface area contributed by atoms with E-state index in [1.807, 2.05) is 6.20 Å². The van der Waals surface area contributed by atoms with E-state index in [9.17, 15) is 17.6 Å². The highest BCUT2D eigenvalue weighted by molar-refractivity contribution is 7.87. The Morgan fingerprint density at radius 3 is 2.81 bits per heavy atom. The third kappa shape index (κ3) is 4.48. The van der Waals surface area contributed by atoms with Gasteiger partial charge in [0.15, 0.2) is 0 Å². The van der Waals surface area contributed by atoms with Gasteiger partial charge in [-0.15, -0.1) is 11.3 Å². The number of rotatable bonds is 4. The highest BCUT2D eigenvalue weighted by Gasteiger charge is 2.41. The van der Waals surface area contributed by atoms with Crippen LogP contribution in [0.15, 0.2) is 36.8 Å². The fourth-order valence-corrected chi connectivity index (χ4v) is 5.67. The molecular weight excluding hydrogens is 467 g/mol. The summed E-state index contributed by atoms with van der Waals surface area (Å²) in [6, 6.07) is 2.07. The Morgan fingerprint density at radius 1 is 1.35 bits per heavy atom. The van der Waals surface area contributed by atoms with Crippen LogP contribution in [0.2, 0.25) is 5.02 Å². The van der Waals surface area contributed by atoms with Crippen LogP contribution in [-0.2, 0) is 22.1 Å². The van der Waals surface area contributed by atoms with Gasteiger partial charge in [0.25, 0.3) is 10.2 Å². The summed E-state index contributed by atoms with van der Waals surface area (Å²) in [6.45, 7) is 0. The Kier molecular flexibility index (Phi) is 5.83. The SMILES string of the molecule is CN1[C@@H](C(=O)Nc2ccc(F)c(Cl)c2)CC(c2ncc(-c3cnn(C)c3)s2)NS1(=O)=O. The second-order valence-electron chi connectivity index (χ2n) is 7.03. The number of anilines is 1. The fourth-order valence-electron chi connectivity index (χ4n) is 3.20. The Morgan fingerprint density at radius 2 is 2.13 bits per heavy atom. The summed E-state index contributed by atoms with van der Waals surface area (Å²) < 4.78 is 43.8. The maximum absolute atomic E-state index is 13.4. The standard InChI is InChI=1S/C18H18ClFN6O3S2/c1-25-9-10(7-22-25)16-8-21-18(30-16)14-6-15(26(2)31(28,29)24-14)17(27)23-11-3-4-13(20)12(19)5-11/h3-5,7-9,14-15,24H,6H2,1-2H3,(H,23,27)/t14?,15-/m1/s1. The molecule has 3 aromatic rings. The number of nitrogens with one attached hydrogen (secondary N) is 2. The van der Waals surface area contributed by atoms with Crippen molar-refractivity contribution in [3.8, 4) is 10.4 Å². The molecule has 1 fully saturated rings. The van der Waals surface area contributed by atoms with Crippen molar-refractivity contribution in [2.45, 2.75) is 18.5 Å². The number of carbonyl (C=O) groups excluding carboxylic acids is 1. The van der Waals surface area contributed by atoms with Crippen LogP contribution in [0, 0.1) is 5.82 Å². The molecule has 1 saturated heterocycles. The maximum Gasteiger partial charge on any atom is 0.280 e. The predicted molar refractivity (Wildman–Crippen MR) is 115 cm³/mol. The maximum atomic E-state index is 13.4. The normalized spacial score (nSPS) is 21.2. The van der Waals surface area contributed by atoms with Gasteiger partial charge in [0.05, 0.1) is 22.1 Å². The van der Waals surface area contributed by atoms with Crippen molar-refractivity contribution in [2.24, 2.45) is 7.05 Å². The number of likely N-dealkylation sites (N-methyl/N-ethyl adjacent to an activating group) is 1. The molecule has 164 valence electrons. The summed E-state index contributed by atoms with van der Waals surface area (Å²) in [7, 11) is -0.802. The van der Waals surface area contributed by atoms with Crippen LogP contribution in [0.4, 0.5) is 10.1 Å². The zero-order chi connectivity index (χ0) is 22.3. The topological polar surface area (TPSA) is 109 Å². The third-order valence-electron chi connectivity index (χ3n) is 4.87. The van der Waals surface area contributed by atoms with Crippen molar-refractivity contribution < 1.29 is 17.6 Å². The summed E-state index contributed by atoms with van der Waals surface area (Å²) in [5.74, 6) is -1.17. The van der Waals surface area contributed by atoms with E-state index >= 15 is 0 Å².